The second-order valence-electron chi connectivity index (χ2n) is 6.46. The highest BCUT2D eigenvalue weighted by molar-refractivity contribution is 6.55. The van der Waals surface area contributed by atoms with Gasteiger partial charge in [-0.15, -0.1) is 0 Å². The van der Waals surface area contributed by atoms with Crippen LogP contribution >= 0.6 is 0 Å². The molecule has 1 fully saturated rings. The first-order chi connectivity index (χ1) is 10.7. The minimum atomic E-state index is -0.489. The lowest BCUT2D eigenvalue weighted by Gasteiger charge is -2.32. The molecule has 1 aliphatic rings. The molecule has 0 atom stereocenters. The molecule has 0 saturated carbocycles. The van der Waals surface area contributed by atoms with Crippen molar-refractivity contribution in [2.75, 3.05) is 20.8 Å². The summed E-state index contributed by atoms with van der Waals surface area (Å²) in [6, 6.07) is 3.64. The van der Waals surface area contributed by atoms with Gasteiger partial charge in [0.15, 0.2) is 0 Å². The van der Waals surface area contributed by atoms with Gasteiger partial charge in [0.1, 0.15) is 0 Å². The van der Waals surface area contributed by atoms with Crippen molar-refractivity contribution in [3.63, 3.8) is 0 Å². The largest absolute Gasteiger partial charge is 0.491 e. The number of aromatic nitrogens is 1. The molecule has 1 aromatic heterocycles. The molecule has 0 unspecified atom stereocenters. The van der Waals surface area contributed by atoms with Crippen molar-refractivity contribution in [2.24, 2.45) is 5.73 Å². The molecule has 1 saturated heterocycles. The average Bonchev–Trinajstić information content (AvgIpc) is 2.72. The Morgan fingerprint density at radius 3 is 2.26 bits per heavy atom. The molecular formula is C16H25BN2O4. The summed E-state index contributed by atoms with van der Waals surface area (Å²) in [7, 11) is 2.64. The number of ether oxygens (including phenoxy) is 2. The molecule has 6 nitrogen and oxygen atoms in total. The van der Waals surface area contributed by atoms with Gasteiger partial charge in [0.05, 0.1) is 25.4 Å². The summed E-state index contributed by atoms with van der Waals surface area (Å²) < 4.78 is 22.5. The Balaban J connectivity index is 2.33. The fourth-order valence-electron chi connectivity index (χ4n) is 2.24. The van der Waals surface area contributed by atoms with Crippen LogP contribution < -0.4 is 15.2 Å². The van der Waals surface area contributed by atoms with E-state index in [4.69, 9.17) is 24.5 Å². The van der Waals surface area contributed by atoms with Gasteiger partial charge in [-0.2, -0.15) is 4.98 Å². The van der Waals surface area contributed by atoms with Gasteiger partial charge in [0.2, 0.25) is 11.8 Å². The second-order valence-corrected chi connectivity index (χ2v) is 6.46. The number of rotatable bonds is 5. The molecule has 23 heavy (non-hydrogen) atoms. The van der Waals surface area contributed by atoms with Crippen molar-refractivity contribution in [3.05, 3.63) is 23.2 Å². The number of hydrogen-bond donors (Lipinski definition) is 1. The molecule has 7 heteroatoms. The van der Waals surface area contributed by atoms with E-state index in [-0.39, 0.29) is 0 Å². The average molecular weight is 320 g/mol. The third-order valence-electron chi connectivity index (χ3n) is 4.40. The lowest BCUT2D eigenvalue weighted by molar-refractivity contribution is 0.00578. The maximum absolute atomic E-state index is 6.05. The number of hydrogen-bond acceptors (Lipinski definition) is 6. The number of nitrogens with zero attached hydrogens (tertiary/aromatic N) is 1. The quantitative estimate of drug-likeness (QED) is 0.837. The van der Waals surface area contributed by atoms with Crippen molar-refractivity contribution in [3.8, 4) is 11.8 Å². The van der Waals surface area contributed by atoms with E-state index in [2.05, 4.69) is 4.98 Å². The molecule has 0 spiro atoms. The zero-order valence-corrected chi connectivity index (χ0v) is 14.7. The number of nitrogens with two attached hydrogens (primary N) is 1. The Morgan fingerprint density at radius 2 is 1.78 bits per heavy atom. The van der Waals surface area contributed by atoms with Crippen LogP contribution in [0.15, 0.2) is 17.6 Å². The van der Waals surface area contributed by atoms with Crippen LogP contribution in [0.2, 0.25) is 0 Å². The number of methoxy groups -OCH3 is 2. The van der Waals surface area contributed by atoms with Crippen LogP contribution in [-0.4, -0.2) is 44.1 Å². The van der Waals surface area contributed by atoms with E-state index in [0.717, 1.165) is 11.0 Å². The van der Waals surface area contributed by atoms with Gasteiger partial charge in [-0.05, 0) is 39.2 Å². The van der Waals surface area contributed by atoms with Gasteiger partial charge in [0.25, 0.3) is 0 Å². The SMILES string of the molecule is COc1ccc(C=C(CN)B2OC(C)(C)C(C)(C)O2)c(OC)n1. The summed E-state index contributed by atoms with van der Waals surface area (Å²) in [6.07, 6.45) is 1.90. The van der Waals surface area contributed by atoms with Crippen LogP contribution in [0, 0.1) is 0 Å². The molecule has 126 valence electrons. The van der Waals surface area contributed by atoms with Crippen molar-refractivity contribution in [1.29, 1.82) is 0 Å². The highest BCUT2D eigenvalue weighted by Crippen LogP contribution is 2.39. The van der Waals surface area contributed by atoms with Crippen molar-refractivity contribution >= 4 is 13.2 Å². The Morgan fingerprint density at radius 1 is 1.17 bits per heavy atom. The molecular weight excluding hydrogens is 295 g/mol. The molecule has 2 rings (SSSR count). The lowest BCUT2D eigenvalue weighted by Crippen LogP contribution is -2.41. The normalized spacial score (nSPS) is 19.8. The molecule has 0 bridgehead atoms. The van der Waals surface area contributed by atoms with Gasteiger partial charge in [-0.1, -0.05) is 6.08 Å². The standard InChI is InChI=1S/C16H25BN2O4/c1-15(2)16(3,4)23-17(22-15)12(10-18)9-11-7-8-13(20-5)19-14(11)21-6/h7-9H,10,18H2,1-6H3. The van der Waals surface area contributed by atoms with Crippen molar-refractivity contribution < 1.29 is 18.8 Å². The molecule has 2 N–H and O–H groups in total. The van der Waals surface area contributed by atoms with Crippen LogP contribution in [0.3, 0.4) is 0 Å². The van der Waals surface area contributed by atoms with E-state index in [1.807, 2.05) is 39.8 Å². The monoisotopic (exact) mass is 320 g/mol. The van der Waals surface area contributed by atoms with Gasteiger partial charge in [0, 0.05) is 18.2 Å². The molecule has 0 radical (unpaired) electrons. The third kappa shape index (κ3) is 3.52. The predicted octanol–water partition coefficient (Wildman–Crippen LogP) is 2.07. The van der Waals surface area contributed by atoms with E-state index in [0.29, 0.717) is 18.3 Å². The second kappa shape index (κ2) is 6.51. The molecule has 0 amide bonds. The zero-order valence-electron chi connectivity index (χ0n) is 14.7. The van der Waals surface area contributed by atoms with Crippen molar-refractivity contribution in [1.82, 2.24) is 4.98 Å². The smallest absolute Gasteiger partial charge is 0.481 e. The first-order valence-corrected chi connectivity index (χ1v) is 7.59. The van der Waals surface area contributed by atoms with Gasteiger partial charge < -0.3 is 24.5 Å². The summed E-state index contributed by atoms with van der Waals surface area (Å²) in [5.74, 6) is 0.954. The zero-order chi connectivity index (χ0) is 17.3. The fourth-order valence-corrected chi connectivity index (χ4v) is 2.24. The Hall–Kier alpha value is -1.57. The summed E-state index contributed by atoms with van der Waals surface area (Å²) in [5, 5.41) is 0. The maximum Gasteiger partial charge on any atom is 0.491 e. The van der Waals surface area contributed by atoms with E-state index >= 15 is 0 Å². The summed E-state index contributed by atoms with van der Waals surface area (Å²) in [4.78, 5) is 4.27. The Labute approximate surface area is 138 Å². The van der Waals surface area contributed by atoms with Gasteiger partial charge in [-0.3, -0.25) is 0 Å². The first-order valence-electron chi connectivity index (χ1n) is 7.59. The summed E-state index contributed by atoms with van der Waals surface area (Å²) >= 11 is 0. The van der Waals surface area contributed by atoms with Crippen molar-refractivity contribution in [2.45, 2.75) is 38.9 Å². The van der Waals surface area contributed by atoms with Crippen LogP contribution in [0.5, 0.6) is 11.8 Å². The number of pyridine rings is 1. The molecule has 0 aromatic carbocycles. The lowest BCUT2D eigenvalue weighted by atomic mass is 9.77. The predicted molar refractivity (Wildman–Crippen MR) is 90.5 cm³/mol. The molecule has 1 aromatic rings. The van der Waals surface area contributed by atoms with Crippen LogP contribution in [0.1, 0.15) is 33.3 Å². The Bertz CT molecular complexity index is 586. The Kier molecular flexibility index (Phi) is 5.03. The highest BCUT2D eigenvalue weighted by atomic mass is 16.7. The third-order valence-corrected chi connectivity index (χ3v) is 4.40. The maximum atomic E-state index is 6.05. The first kappa shape index (κ1) is 17.8. The van der Waals surface area contributed by atoms with Gasteiger partial charge in [-0.25, -0.2) is 0 Å². The van der Waals surface area contributed by atoms with E-state index in [1.54, 1.807) is 20.3 Å². The topological polar surface area (TPSA) is 75.8 Å². The van der Waals surface area contributed by atoms with E-state index in [9.17, 15) is 0 Å². The van der Waals surface area contributed by atoms with Crippen LogP contribution in [0.4, 0.5) is 0 Å². The summed E-state index contributed by atoms with van der Waals surface area (Å²) in [5.41, 5.74) is 6.72. The fraction of sp³-hybridized carbons (Fsp3) is 0.562. The van der Waals surface area contributed by atoms with E-state index in [1.165, 1.54) is 0 Å². The van der Waals surface area contributed by atoms with E-state index < -0.39 is 18.3 Å². The molecule has 0 aliphatic carbocycles. The molecule has 2 heterocycles. The van der Waals surface area contributed by atoms with Crippen LogP contribution in [0.25, 0.3) is 6.08 Å². The summed E-state index contributed by atoms with van der Waals surface area (Å²) in [6.45, 7) is 8.35. The molecule has 1 aliphatic heterocycles. The van der Waals surface area contributed by atoms with Gasteiger partial charge >= 0.3 is 7.12 Å². The van der Waals surface area contributed by atoms with Crippen LogP contribution in [-0.2, 0) is 9.31 Å². The highest BCUT2D eigenvalue weighted by Gasteiger charge is 2.52. The minimum absolute atomic E-state index is 0.312. The minimum Gasteiger partial charge on any atom is -0.481 e.